The average molecular weight is 389 g/mol. The van der Waals surface area contributed by atoms with Gasteiger partial charge < -0.3 is 24.5 Å². The number of carbonyl (C=O) groups is 3. The van der Waals surface area contributed by atoms with Crippen LogP contribution in [0.15, 0.2) is 18.2 Å². The van der Waals surface area contributed by atoms with Crippen LogP contribution >= 0.6 is 0 Å². The van der Waals surface area contributed by atoms with Gasteiger partial charge in [-0.3, -0.25) is 9.59 Å². The zero-order chi connectivity index (χ0) is 20.1. The van der Waals surface area contributed by atoms with E-state index in [2.05, 4.69) is 5.32 Å². The molecule has 0 bridgehead atoms. The van der Waals surface area contributed by atoms with E-state index in [0.717, 1.165) is 32.1 Å². The molecule has 0 radical (unpaired) electrons. The Bertz CT molecular complexity index is 748. The number of ether oxygens (including phenoxy) is 2. The highest BCUT2D eigenvalue weighted by Crippen LogP contribution is 2.30. The minimum absolute atomic E-state index is 0.124. The number of carbonyl (C=O) groups excluding carboxylic acids is 3. The quantitative estimate of drug-likeness (QED) is 0.445. The summed E-state index contributed by atoms with van der Waals surface area (Å²) in [5, 5.41) is 12.7. The summed E-state index contributed by atoms with van der Waals surface area (Å²) >= 11 is 0. The molecule has 9 heteroatoms. The Labute approximate surface area is 163 Å². The summed E-state index contributed by atoms with van der Waals surface area (Å²) in [6, 6.07) is 4.92. The summed E-state index contributed by atoms with van der Waals surface area (Å²) in [5.74, 6) is -1.86. The maximum atomic E-state index is 12.4. The third kappa shape index (κ3) is 4.84. The lowest BCUT2D eigenvalue weighted by Gasteiger charge is -2.28. The molecule has 28 heavy (non-hydrogen) atoms. The number of rotatable bonds is 5. The van der Waals surface area contributed by atoms with Gasteiger partial charge in [0.25, 0.3) is 0 Å². The molecule has 150 valence electrons. The minimum Gasteiger partial charge on any atom is -0.534 e. The molecule has 3 rings (SSSR count). The van der Waals surface area contributed by atoms with Gasteiger partial charge in [0, 0.05) is 6.92 Å². The first-order valence-electron chi connectivity index (χ1n) is 9.53. The highest BCUT2D eigenvalue weighted by atomic mass is 16.7. The maximum absolute atomic E-state index is 12.4. The Kier molecular flexibility index (Phi) is 6.56. The molecule has 0 saturated heterocycles. The van der Waals surface area contributed by atoms with Crippen LogP contribution in [0.4, 0.5) is 0 Å². The summed E-state index contributed by atoms with van der Waals surface area (Å²) in [7, 11) is -1.28. The van der Waals surface area contributed by atoms with Gasteiger partial charge in [0.05, 0.1) is 11.9 Å². The lowest BCUT2D eigenvalue weighted by molar-refractivity contribution is -0.158. The van der Waals surface area contributed by atoms with Crippen LogP contribution in [-0.2, 0) is 25.5 Å². The Morgan fingerprint density at radius 1 is 1.21 bits per heavy atom. The van der Waals surface area contributed by atoms with Gasteiger partial charge in [-0.05, 0) is 30.9 Å². The second-order valence-corrected chi connectivity index (χ2v) is 7.16. The van der Waals surface area contributed by atoms with Crippen molar-refractivity contribution in [3.05, 3.63) is 29.3 Å². The Hall–Kier alpha value is -2.55. The lowest BCUT2D eigenvalue weighted by atomic mass is 9.72. The van der Waals surface area contributed by atoms with Gasteiger partial charge in [0.1, 0.15) is 11.3 Å². The van der Waals surface area contributed by atoms with Crippen molar-refractivity contribution in [2.45, 2.75) is 51.4 Å². The van der Waals surface area contributed by atoms with Crippen LogP contribution in [0.25, 0.3) is 0 Å². The molecule has 1 amide bonds. The van der Waals surface area contributed by atoms with E-state index in [-0.39, 0.29) is 29.1 Å². The monoisotopic (exact) mass is 389 g/mol. The van der Waals surface area contributed by atoms with Gasteiger partial charge in [0.15, 0.2) is 0 Å². The van der Waals surface area contributed by atoms with Crippen molar-refractivity contribution in [1.29, 1.82) is 0 Å². The second-order valence-electron chi connectivity index (χ2n) is 7.16. The van der Waals surface area contributed by atoms with Crippen molar-refractivity contribution in [3.63, 3.8) is 0 Å². The molecule has 1 aromatic rings. The van der Waals surface area contributed by atoms with E-state index >= 15 is 0 Å². The first-order valence-corrected chi connectivity index (χ1v) is 9.53. The molecule has 1 saturated carbocycles. The fraction of sp³-hybridized carbons (Fsp3) is 0.526. The SMILES string of the molecule is CC(=O)N[C@H]1Cc2cccc(C(=O)OCOC(=O)C3CCCCC3)c2OB1O. The number of benzene rings is 1. The molecule has 1 fully saturated rings. The van der Waals surface area contributed by atoms with E-state index in [1.807, 2.05) is 0 Å². The molecule has 1 aliphatic heterocycles. The van der Waals surface area contributed by atoms with Crippen LogP contribution in [0.1, 0.15) is 54.9 Å². The fourth-order valence-electron chi connectivity index (χ4n) is 3.64. The topological polar surface area (TPSA) is 111 Å². The molecule has 1 heterocycles. The summed E-state index contributed by atoms with van der Waals surface area (Å²) in [5.41, 5.74) is 0.796. The number of para-hydroxylation sites is 1. The summed E-state index contributed by atoms with van der Waals surface area (Å²) in [6.45, 7) is 0.888. The van der Waals surface area contributed by atoms with Gasteiger partial charge in [0.2, 0.25) is 12.7 Å². The summed E-state index contributed by atoms with van der Waals surface area (Å²) in [6.07, 6.45) is 5.07. The smallest absolute Gasteiger partial charge is 0.534 e. The van der Waals surface area contributed by atoms with Crippen LogP contribution in [-0.4, -0.2) is 42.7 Å². The van der Waals surface area contributed by atoms with Gasteiger partial charge in [-0.2, -0.15) is 0 Å². The molecule has 0 unspecified atom stereocenters. The lowest BCUT2D eigenvalue weighted by Crippen LogP contribution is -2.52. The molecule has 2 N–H and O–H groups in total. The van der Waals surface area contributed by atoms with E-state index < -0.39 is 25.8 Å². The summed E-state index contributed by atoms with van der Waals surface area (Å²) in [4.78, 5) is 35.6. The Morgan fingerprint density at radius 2 is 1.96 bits per heavy atom. The van der Waals surface area contributed by atoms with E-state index in [4.69, 9.17) is 14.1 Å². The van der Waals surface area contributed by atoms with E-state index in [9.17, 15) is 19.4 Å². The highest BCUT2D eigenvalue weighted by Gasteiger charge is 2.37. The van der Waals surface area contributed by atoms with Gasteiger partial charge in [-0.25, -0.2) is 4.79 Å². The maximum Gasteiger partial charge on any atom is 0.547 e. The normalized spacial score (nSPS) is 19.2. The van der Waals surface area contributed by atoms with Crippen molar-refractivity contribution >= 4 is 25.0 Å². The molecule has 0 aromatic heterocycles. The zero-order valence-electron chi connectivity index (χ0n) is 15.8. The Morgan fingerprint density at radius 3 is 2.68 bits per heavy atom. The van der Waals surface area contributed by atoms with Gasteiger partial charge in [-0.15, -0.1) is 0 Å². The van der Waals surface area contributed by atoms with Crippen LogP contribution in [0.3, 0.4) is 0 Å². The molecule has 1 atom stereocenters. The van der Waals surface area contributed by atoms with Crippen LogP contribution in [0, 0.1) is 5.92 Å². The van der Waals surface area contributed by atoms with Gasteiger partial charge in [-0.1, -0.05) is 31.4 Å². The molecule has 2 aliphatic rings. The largest absolute Gasteiger partial charge is 0.547 e. The van der Waals surface area contributed by atoms with Crippen LogP contribution < -0.4 is 9.97 Å². The first kappa shape index (κ1) is 20.2. The number of fused-ring (bicyclic) bond motifs is 1. The summed E-state index contributed by atoms with van der Waals surface area (Å²) < 4.78 is 15.6. The standard InChI is InChI=1S/C19H24BNO7/c1-12(22)21-16-10-14-8-5-9-15(17(14)28-20(16)25)19(24)27-11-26-18(23)13-6-3-2-4-7-13/h5,8-9,13,16,25H,2-4,6-7,10-11H2,1H3,(H,21,22)/t16-/m0/s1. The number of nitrogens with one attached hydrogen (secondary N) is 1. The molecule has 0 spiro atoms. The van der Waals surface area contributed by atoms with Crippen molar-refractivity contribution in [3.8, 4) is 5.75 Å². The minimum atomic E-state index is -1.28. The molecular formula is C19H24BNO7. The van der Waals surface area contributed by atoms with Gasteiger partial charge >= 0.3 is 19.1 Å². The number of hydrogen-bond acceptors (Lipinski definition) is 7. The highest BCUT2D eigenvalue weighted by molar-refractivity contribution is 6.47. The van der Waals surface area contributed by atoms with Crippen molar-refractivity contribution < 1.29 is 33.5 Å². The van der Waals surface area contributed by atoms with Crippen LogP contribution in [0.2, 0.25) is 0 Å². The van der Waals surface area contributed by atoms with Crippen molar-refractivity contribution in [1.82, 2.24) is 5.32 Å². The zero-order valence-corrected chi connectivity index (χ0v) is 15.8. The second kappa shape index (κ2) is 9.10. The Balaban J connectivity index is 1.59. The average Bonchev–Trinajstić information content (AvgIpc) is 2.68. The third-order valence-corrected chi connectivity index (χ3v) is 5.06. The molecule has 8 nitrogen and oxygen atoms in total. The van der Waals surface area contributed by atoms with Crippen molar-refractivity contribution in [2.24, 2.45) is 5.92 Å². The van der Waals surface area contributed by atoms with E-state index in [1.165, 1.54) is 13.0 Å². The molecule has 1 aromatic carbocycles. The number of hydrogen-bond donors (Lipinski definition) is 2. The fourth-order valence-corrected chi connectivity index (χ4v) is 3.64. The van der Waals surface area contributed by atoms with E-state index in [1.54, 1.807) is 12.1 Å². The predicted octanol–water partition coefficient (Wildman–Crippen LogP) is 1.38. The number of esters is 2. The predicted molar refractivity (Wildman–Crippen MR) is 99.3 cm³/mol. The molecule has 1 aliphatic carbocycles. The molecular weight excluding hydrogens is 365 g/mol. The van der Waals surface area contributed by atoms with E-state index in [0.29, 0.717) is 12.0 Å². The van der Waals surface area contributed by atoms with Crippen molar-refractivity contribution in [2.75, 3.05) is 6.79 Å². The number of amides is 1. The third-order valence-electron chi connectivity index (χ3n) is 5.06. The van der Waals surface area contributed by atoms with Crippen LogP contribution in [0.5, 0.6) is 5.75 Å². The first-order chi connectivity index (χ1) is 13.5.